The molecule has 1 heterocycles. The van der Waals surface area contributed by atoms with E-state index in [9.17, 15) is 14.4 Å². The Labute approximate surface area is 195 Å². The number of esters is 1. The lowest BCUT2D eigenvalue weighted by atomic mass is 10.1. The van der Waals surface area contributed by atoms with E-state index in [2.05, 4.69) is 5.32 Å². The highest BCUT2D eigenvalue weighted by Crippen LogP contribution is 2.23. The van der Waals surface area contributed by atoms with Crippen molar-refractivity contribution in [2.24, 2.45) is 0 Å². The van der Waals surface area contributed by atoms with Gasteiger partial charge in [0.05, 0.1) is 0 Å². The lowest BCUT2D eigenvalue weighted by Crippen LogP contribution is -2.27. The van der Waals surface area contributed by atoms with Gasteiger partial charge in [-0.1, -0.05) is 48.5 Å². The molecule has 1 amide bonds. The van der Waals surface area contributed by atoms with Gasteiger partial charge in [0.1, 0.15) is 22.6 Å². The van der Waals surface area contributed by atoms with Crippen LogP contribution in [0.4, 0.5) is 0 Å². The molecule has 3 aromatic carbocycles. The maximum absolute atomic E-state index is 12.5. The summed E-state index contributed by atoms with van der Waals surface area (Å²) in [5.41, 5.74) is 2.07. The van der Waals surface area contributed by atoms with Gasteiger partial charge in [-0.3, -0.25) is 4.79 Å². The van der Waals surface area contributed by atoms with Crippen LogP contribution in [0.25, 0.3) is 11.0 Å². The van der Waals surface area contributed by atoms with Crippen LogP contribution in [0.15, 0.2) is 82.0 Å². The summed E-state index contributed by atoms with van der Waals surface area (Å²) in [5, 5.41) is 3.24. The van der Waals surface area contributed by atoms with Gasteiger partial charge in [-0.05, 0) is 48.7 Å². The number of amides is 1. The first-order valence-electron chi connectivity index (χ1n) is 10.7. The number of hydrogen-bond acceptors (Lipinski definition) is 6. The second-order valence-corrected chi connectivity index (χ2v) is 7.80. The van der Waals surface area contributed by atoms with Crippen LogP contribution in [0.5, 0.6) is 11.5 Å². The first kappa shape index (κ1) is 22.8. The van der Waals surface area contributed by atoms with Crippen molar-refractivity contribution in [2.45, 2.75) is 20.4 Å². The van der Waals surface area contributed by atoms with E-state index in [-0.39, 0.29) is 30.0 Å². The van der Waals surface area contributed by atoms with Crippen molar-refractivity contribution in [2.75, 3.05) is 6.61 Å². The highest BCUT2D eigenvalue weighted by atomic mass is 16.6. The average Bonchev–Trinajstić information content (AvgIpc) is 2.82. The third-order valence-electron chi connectivity index (χ3n) is 5.22. The lowest BCUT2D eigenvalue weighted by molar-refractivity contribution is -0.136. The molecular formula is C27H23NO6. The van der Waals surface area contributed by atoms with E-state index in [1.54, 1.807) is 12.1 Å². The number of para-hydroxylation sites is 1. The highest BCUT2D eigenvalue weighted by molar-refractivity contribution is 5.96. The predicted molar refractivity (Wildman–Crippen MR) is 127 cm³/mol. The monoisotopic (exact) mass is 457 g/mol. The average molecular weight is 457 g/mol. The third kappa shape index (κ3) is 5.32. The summed E-state index contributed by atoms with van der Waals surface area (Å²) in [7, 11) is 0. The molecule has 0 saturated heterocycles. The van der Waals surface area contributed by atoms with Crippen molar-refractivity contribution < 1.29 is 23.5 Å². The van der Waals surface area contributed by atoms with Crippen LogP contribution in [0.3, 0.4) is 0 Å². The second kappa shape index (κ2) is 10.0. The van der Waals surface area contributed by atoms with Crippen molar-refractivity contribution in [3.8, 4) is 11.5 Å². The molecule has 0 bridgehead atoms. The number of hydrogen-bond donors (Lipinski definition) is 1. The number of aryl methyl sites for hydroxylation is 2. The van der Waals surface area contributed by atoms with E-state index in [0.29, 0.717) is 11.1 Å². The van der Waals surface area contributed by atoms with Crippen LogP contribution in [0.2, 0.25) is 0 Å². The van der Waals surface area contributed by atoms with E-state index in [1.807, 2.05) is 62.4 Å². The van der Waals surface area contributed by atoms with Gasteiger partial charge in [0.2, 0.25) is 0 Å². The molecule has 7 heteroatoms. The summed E-state index contributed by atoms with van der Waals surface area (Å²) in [4.78, 5) is 37.1. The second-order valence-electron chi connectivity index (χ2n) is 7.80. The fraction of sp³-hybridized carbons (Fsp3) is 0.148. The molecule has 172 valence electrons. The summed E-state index contributed by atoms with van der Waals surface area (Å²) in [6, 6.07) is 21.1. The topological polar surface area (TPSA) is 94.8 Å². The summed E-state index contributed by atoms with van der Waals surface area (Å²) in [6.45, 7) is 3.81. The minimum atomic E-state index is -0.778. The zero-order valence-corrected chi connectivity index (χ0v) is 18.8. The molecule has 4 aromatic rings. The first-order valence-corrected chi connectivity index (χ1v) is 10.7. The molecule has 0 radical (unpaired) electrons. The molecule has 0 fully saturated rings. The van der Waals surface area contributed by atoms with E-state index in [4.69, 9.17) is 13.9 Å². The fourth-order valence-electron chi connectivity index (χ4n) is 3.51. The van der Waals surface area contributed by atoms with Crippen molar-refractivity contribution in [1.29, 1.82) is 0 Å². The van der Waals surface area contributed by atoms with Crippen LogP contribution in [-0.2, 0) is 11.3 Å². The molecule has 0 atom stereocenters. The van der Waals surface area contributed by atoms with Crippen molar-refractivity contribution in [1.82, 2.24) is 5.32 Å². The Bertz CT molecular complexity index is 1390. The van der Waals surface area contributed by atoms with Crippen LogP contribution in [0.1, 0.15) is 27.0 Å². The minimum absolute atomic E-state index is 0.102. The van der Waals surface area contributed by atoms with Crippen molar-refractivity contribution in [3.63, 3.8) is 0 Å². The molecule has 34 heavy (non-hydrogen) atoms. The third-order valence-corrected chi connectivity index (χ3v) is 5.22. The molecule has 0 aliphatic carbocycles. The molecule has 0 unspecified atom stereocenters. The van der Waals surface area contributed by atoms with E-state index in [1.165, 1.54) is 12.1 Å². The van der Waals surface area contributed by atoms with Crippen LogP contribution >= 0.6 is 0 Å². The van der Waals surface area contributed by atoms with Gasteiger partial charge in [0.25, 0.3) is 5.91 Å². The summed E-state index contributed by atoms with van der Waals surface area (Å²) in [5.74, 6) is -0.283. The molecule has 1 N–H and O–H groups in total. The standard InChI is InChI=1S/C27H23NO6/c1-17-7-6-8-18(2)25(17)32-16-24(29)33-21-12-11-20-13-22(27(31)34-23(20)14-21)26(30)28-15-19-9-4-3-5-10-19/h3-14H,15-16H2,1-2H3,(H,28,30). The molecule has 0 spiro atoms. The normalized spacial score (nSPS) is 10.6. The number of nitrogens with one attached hydrogen (secondary N) is 1. The van der Waals surface area contributed by atoms with Crippen molar-refractivity contribution >= 4 is 22.8 Å². The van der Waals surface area contributed by atoms with Crippen molar-refractivity contribution in [3.05, 3.63) is 105 Å². The van der Waals surface area contributed by atoms with Gasteiger partial charge in [-0.2, -0.15) is 0 Å². The Morgan fingerprint density at radius 3 is 2.38 bits per heavy atom. The molecular weight excluding hydrogens is 434 g/mol. The van der Waals surface area contributed by atoms with Gasteiger partial charge in [-0.15, -0.1) is 0 Å². The number of carbonyl (C=O) groups excluding carboxylic acids is 2. The fourth-order valence-corrected chi connectivity index (χ4v) is 3.51. The molecule has 4 rings (SSSR count). The van der Waals surface area contributed by atoms with E-state index in [0.717, 1.165) is 16.7 Å². The summed E-state index contributed by atoms with van der Waals surface area (Å²) >= 11 is 0. The first-order chi connectivity index (χ1) is 16.4. The highest BCUT2D eigenvalue weighted by Gasteiger charge is 2.15. The zero-order valence-electron chi connectivity index (χ0n) is 18.8. The Morgan fingerprint density at radius 1 is 0.912 bits per heavy atom. The van der Waals surface area contributed by atoms with Gasteiger partial charge in [0.15, 0.2) is 6.61 Å². The van der Waals surface area contributed by atoms with Crippen LogP contribution in [-0.4, -0.2) is 18.5 Å². The zero-order chi connectivity index (χ0) is 24.1. The minimum Gasteiger partial charge on any atom is -0.481 e. The maximum atomic E-state index is 12.5. The maximum Gasteiger partial charge on any atom is 0.349 e. The molecule has 0 aliphatic heterocycles. The Balaban J connectivity index is 1.43. The van der Waals surface area contributed by atoms with Crippen LogP contribution in [0, 0.1) is 13.8 Å². The van der Waals surface area contributed by atoms with E-state index < -0.39 is 17.5 Å². The lowest BCUT2D eigenvalue weighted by Gasteiger charge is -2.11. The Morgan fingerprint density at radius 2 is 1.65 bits per heavy atom. The molecule has 1 aromatic heterocycles. The predicted octanol–water partition coefficient (Wildman–Crippen LogP) is 4.32. The Kier molecular flexibility index (Phi) is 6.73. The molecule has 0 saturated carbocycles. The van der Waals surface area contributed by atoms with Crippen LogP contribution < -0.4 is 20.4 Å². The number of benzene rings is 3. The van der Waals surface area contributed by atoms with Gasteiger partial charge >= 0.3 is 11.6 Å². The SMILES string of the molecule is Cc1cccc(C)c1OCC(=O)Oc1ccc2cc(C(=O)NCc3ccccc3)c(=O)oc2c1. The number of fused-ring (bicyclic) bond motifs is 1. The van der Waals surface area contributed by atoms with Gasteiger partial charge < -0.3 is 19.2 Å². The van der Waals surface area contributed by atoms with E-state index >= 15 is 0 Å². The van der Waals surface area contributed by atoms with Gasteiger partial charge in [0, 0.05) is 18.0 Å². The number of carbonyl (C=O) groups is 2. The molecule has 7 nitrogen and oxygen atoms in total. The number of rotatable bonds is 7. The quantitative estimate of drug-likeness (QED) is 0.252. The Hall–Kier alpha value is -4.39. The summed E-state index contributed by atoms with van der Waals surface area (Å²) < 4.78 is 16.2. The van der Waals surface area contributed by atoms with Gasteiger partial charge in [-0.25, -0.2) is 9.59 Å². The number of ether oxygens (including phenoxy) is 2. The smallest absolute Gasteiger partial charge is 0.349 e. The summed E-state index contributed by atoms with van der Waals surface area (Å²) in [6.07, 6.45) is 0. The molecule has 0 aliphatic rings. The largest absolute Gasteiger partial charge is 0.481 e.